The summed E-state index contributed by atoms with van der Waals surface area (Å²) >= 11 is 0. The quantitative estimate of drug-likeness (QED) is 0.0252. The van der Waals surface area contributed by atoms with Gasteiger partial charge in [-0.15, -0.1) is 0 Å². The number of Topliss-reactive ketones (excluding diaryl/α,β-unsaturated/α-hetero) is 3. The molecule has 6 heterocycles. The lowest BCUT2D eigenvalue weighted by Crippen LogP contribution is -2.46. The number of aromatic hydroxyl groups is 2. The molecule has 29 heteroatoms. The largest absolute Gasteiger partial charge is 0.507 e. The number of hydrogen-bond acceptors (Lipinski definition) is 26. The Balaban J connectivity index is 0.000000294. The third-order valence-electron chi connectivity index (χ3n) is 22.8. The Morgan fingerprint density at radius 3 is 1.51 bits per heavy atom. The molecule has 1 aliphatic carbocycles. The Bertz CT molecular complexity index is 5230. The summed E-state index contributed by atoms with van der Waals surface area (Å²) in [5, 5.41) is 76.6. The first kappa shape index (κ1) is 94.8. The monoisotopic (exact) mass is 1650 g/mol. The zero-order valence-electron chi connectivity index (χ0n) is 69.3. The van der Waals surface area contributed by atoms with Crippen LogP contribution in [0.25, 0.3) is 32.8 Å². The molecular weight excluding hydrogens is 1530 g/mol. The summed E-state index contributed by atoms with van der Waals surface area (Å²) in [6, 6.07) is 14.9. The van der Waals surface area contributed by atoms with E-state index in [1.54, 1.807) is 116 Å². The maximum Gasteiger partial charge on any atom is 0.312 e. The molecule has 0 radical (unpaired) electrons. The third kappa shape index (κ3) is 18.9. The number of aliphatic hydroxyl groups is 4. The smallest absolute Gasteiger partial charge is 0.312 e. The van der Waals surface area contributed by atoms with Crippen molar-refractivity contribution in [1.82, 2.24) is 14.9 Å². The molecule has 0 saturated carbocycles. The van der Waals surface area contributed by atoms with E-state index in [-0.39, 0.29) is 92.8 Å². The van der Waals surface area contributed by atoms with Gasteiger partial charge in [-0.2, -0.15) is 0 Å². The fourth-order valence-electron chi connectivity index (χ4n) is 15.6. The van der Waals surface area contributed by atoms with Crippen LogP contribution in [0.5, 0.6) is 23.0 Å². The molecule has 5 aromatic carbocycles. The molecule has 6 aliphatic rings. The van der Waals surface area contributed by atoms with E-state index in [1.807, 2.05) is 43.4 Å². The lowest BCUT2D eigenvalue weighted by Gasteiger charge is -2.38. The Morgan fingerprint density at radius 2 is 1.04 bits per heavy atom. The first-order valence-electron chi connectivity index (χ1n) is 38.5. The summed E-state index contributed by atoms with van der Waals surface area (Å²) in [6.45, 7) is 25.0. The van der Waals surface area contributed by atoms with Crippen LogP contribution < -0.4 is 36.6 Å². The van der Waals surface area contributed by atoms with Gasteiger partial charge in [0.15, 0.2) is 17.0 Å². The Morgan fingerprint density at radius 1 is 0.580 bits per heavy atom. The molecule has 119 heavy (non-hydrogen) atoms. The van der Waals surface area contributed by atoms with Crippen LogP contribution in [-0.4, -0.2) is 169 Å². The minimum Gasteiger partial charge on any atom is -0.507 e. The second-order valence-corrected chi connectivity index (χ2v) is 30.9. The van der Waals surface area contributed by atoms with Gasteiger partial charge >= 0.3 is 23.5 Å². The molecule has 1 aromatic heterocycles. The van der Waals surface area contributed by atoms with Crippen molar-refractivity contribution in [2.75, 3.05) is 37.6 Å². The van der Waals surface area contributed by atoms with Crippen molar-refractivity contribution in [3.63, 3.8) is 0 Å². The van der Waals surface area contributed by atoms with Crippen LogP contribution in [0.15, 0.2) is 137 Å². The van der Waals surface area contributed by atoms with Crippen LogP contribution in [0.4, 0.5) is 17.1 Å². The molecule has 0 spiro atoms. The number of nitrogens with one attached hydrogen (secondary N) is 3. The molecule has 642 valence electrons. The van der Waals surface area contributed by atoms with E-state index >= 15 is 0 Å². The molecular formula is C90H114N6O23. The molecule has 6 aromatic rings. The van der Waals surface area contributed by atoms with Crippen LogP contribution in [0, 0.1) is 61.2 Å². The summed E-state index contributed by atoms with van der Waals surface area (Å²) in [4.78, 5) is 126. The number of aromatic nitrogens is 2. The zero-order valence-corrected chi connectivity index (χ0v) is 69.3. The van der Waals surface area contributed by atoms with Gasteiger partial charge in [0.1, 0.15) is 35.1 Å². The SMILES string of the molecule is C.C.CNc1ccccc1N.CO[C@H]1/C=C/O[C@@]2(C)Oc3c(C)c(=O)c4c(O)c(c5c(nc6ccccc6n5C)c4c3C2=O)NC(=O)/C(C)=C\C=C\[C@H](C)[C@H](O)[C@@H](C)[C@@H](O)[C@@H](C)[C@H](OC(C)=O)[C@@H]1C.CO[C@H]1/C=C/O[C@@]2(C)Oc3c(C)c(O)c4c(c3C2=O)C(=O)C=C(NC(=O)/C(C)=C\C=C\[C@H](C)[C@H](O)[C@@H](C)[C@@H](O)[C@@H](C)[C@H](OC(C)=O)[C@@H]1C)C4=O. The first-order valence-corrected chi connectivity index (χ1v) is 38.5. The van der Waals surface area contributed by atoms with E-state index in [4.69, 9.17) is 48.6 Å². The average molecular weight is 1650 g/mol. The van der Waals surface area contributed by atoms with Gasteiger partial charge in [0.2, 0.25) is 5.78 Å². The number of phenolic OH excluding ortho intramolecular Hbond substituents is 2. The Labute approximate surface area is 692 Å². The molecule has 0 saturated heterocycles. The lowest BCUT2D eigenvalue weighted by molar-refractivity contribution is -0.161. The number of nitrogen functional groups attached to an aromatic ring is 1. The van der Waals surface area contributed by atoms with Gasteiger partial charge in [-0.1, -0.05) is 131 Å². The van der Waals surface area contributed by atoms with Crippen molar-refractivity contribution in [1.29, 1.82) is 0 Å². The predicted molar refractivity (Wildman–Crippen MR) is 452 cm³/mol. The number of esters is 2. The number of ketones is 4. The summed E-state index contributed by atoms with van der Waals surface area (Å²) in [7, 11) is 6.45. The highest BCUT2D eigenvalue weighted by Gasteiger charge is 2.53. The molecule has 5 aliphatic heterocycles. The number of allylic oxidation sites excluding steroid dienone is 6. The van der Waals surface area contributed by atoms with E-state index in [9.17, 15) is 73.8 Å². The highest BCUT2D eigenvalue weighted by molar-refractivity contribution is 6.31. The lowest BCUT2D eigenvalue weighted by atomic mass is 9.78. The van der Waals surface area contributed by atoms with Gasteiger partial charge < -0.3 is 94.8 Å². The van der Waals surface area contributed by atoms with Gasteiger partial charge in [-0.25, -0.2) is 4.98 Å². The maximum atomic E-state index is 14.6. The highest BCUT2D eigenvalue weighted by Crippen LogP contribution is 2.51. The van der Waals surface area contributed by atoms with Gasteiger partial charge in [-0.3, -0.25) is 43.2 Å². The number of nitrogens with zero attached hydrogens (tertiary/aromatic N) is 2. The fourth-order valence-corrected chi connectivity index (χ4v) is 15.6. The maximum absolute atomic E-state index is 14.6. The summed E-state index contributed by atoms with van der Waals surface area (Å²) < 4.78 is 48.6. The predicted octanol–water partition coefficient (Wildman–Crippen LogP) is 12.0. The van der Waals surface area contributed by atoms with Crippen molar-refractivity contribution in [3.8, 4) is 23.0 Å². The molecule has 0 fully saturated rings. The number of ether oxygens (including phenoxy) is 8. The van der Waals surface area contributed by atoms with E-state index in [0.717, 1.165) is 23.7 Å². The third-order valence-corrected chi connectivity index (χ3v) is 22.8. The molecule has 11 N–H and O–H groups in total. The van der Waals surface area contributed by atoms with E-state index < -0.39 is 183 Å². The molecule has 2 amide bonds. The normalized spacial score (nSPS) is 30.0. The molecule has 9 bridgehead atoms. The first-order chi connectivity index (χ1) is 55.0. The number of phenols is 2. The molecule has 29 nitrogen and oxygen atoms in total. The van der Waals surface area contributed by atoms with Crippen LogP contribution in [0.3, 0.4) is 0 Å². The number of amides is 2. The van der Waals surface area contributed by atoms with Gasteiger partial charge in [-0.05, 0) is 64.1 Å². The van der Waals surface area contributed by atoms with E-state index in [0.29, 0.717) is 11.0 Å². The van der Waals surface area contributed by atoms with Crippen LogP contribution in [0.2, 0.25) is 0 Å². The van der Waals surface area contributed by atoms with Gasteiger partial charge in [0.05, 0.1) is 116 Å². The number of methoxy groups -OCH3 is 2. The summed E-state index contributed by atoms with van der Waals surface area (Å²) in [6.07, 6.45) is 8.11. The van der Waals surface area contributed by atoms with Crippen molar-refractivity contribution < 1.29 is 107 Å². The summed E-state index contributed by atoms with van der Waals surface area (Å²) in [5.74, 6) is -15.8. The van der Waals surface area contributed by atoms with Crippen LogP contribution >= 0.6 is 0 Å². The Kier molecular flexibility index (Phi) is 30.7. The average Bonchev–Trinajstić information content (AvgIpc) is 1.64. The number of benzene rings is 5. The van der Waals surface area contributed by atoms with Crippen molar-refractivity contribution in [3.05, 3.63) is 176 Å². The number of hydrogen-bond donors (Lipinski definition) is 10. The van der Waals surface area contributed by atoms with Crippen LogP contribution in [-0.2, 0) is 54.6 Å². The number of rotatable bonds is 5. The van der Waals surface area contributed by atoms with Crippen molar-refractivity contribution >= 4 is 96.8 Å². The number of fused-ring (bicyclic) bond motifs is 16. The second-order valence-electron chi connectivity index (χ2n) is 30.9. The minimum absolute atomic E-state index is 0. The van der Waals surface area contributed by atoms with Crippen LogP contribution in [0.1, 0.15) is 164 Å². The number of para-hydroxylation sites is 4. The number of carbonyl (C=O) groups is 8. The van der Waals surface area contributed by atoms with Gasteiger partial charge in [0, 0.05) is 137 Å². The topological polar surface area (TPSA) is 429 Å². The van der Waals surface area contributed by atoms with E-state index in [2.05, 4.69) is 16.0 Å². The second kappa shape index (κ2) is 38.6. The Hall–Kier alpha value is -11.3. The number of anilines is 3. The molecule has 12 rings (SSSR count). The van der Waals surface area contributed by atoms with Crippen molar-refractivity contribution in [2.45, 2.75) is 186 Å². The fraction of sp³-hybridized carbons (Fsp3) is 0.444. The number of aryl methyl sites for hydroxylation is 1. The number of carbonyl (C=O) groups excluding carboxylic acids is 8. The molecule has 18 atom stereocenters. The molecule has 0 unspecified atom stereocenters. The minimum atomic E-state index is -2.03. The van der Waals surface area contributed by atoms with E-state index in [1.165, 1.54) is 87.2 Å². The van der Waals surface area contributed by atoms with Gasteiger partial charge in [0.25, 0.3) is 23.4 Å². The van der Waals surface area contributed by atoms with Crippen molar-refractivity contribution in [2.24, 2.45) is 54.4 Å². The highest BCUT2D eigenvalue weighted by atomic mass is 16.7. The number of nitrogens with two attached hydrogens (primary N) is 1. The standard InChI is InChI=1S/C44H51N3O11.C37H45NO12.C7H10N2.2CH4/c1-20-14-13-15-21(2)43(54)46-34-35-33(45-27-16-11-12-17-28(27)47(35)9)30-31(39(34)52)38(51)25(6)41-32(30)42(53)44(8,58-41)56-19-18-29(55-10)22(3)40(57-26(7)48)24(5)37(50)23(4)36(20)49;1-16-11-10-12-17(2)36(46)38-23-15-24(40)26-27(32(23)44)31(43)21(6)34-28(26)35(45)37(8,50-34)48-14-13-25(47-9)18(3)33(49-22(7)39)20(5)30(42)19(4)29(16)41;1-9-7-5-3-2-4-6(7)8;;/h11-20,22-24,29,36-37,40,49-50,52H,1-10H3,(H,46,54);10-16,18-20,25,29-30,33,41-43H,1-9H3,(H,38,46);2-5,9H,8H2,1H3;2*1H4/b14-13+,19-18+,21-15-;11-10+,14-13+,17-12-;;;/t20-,22+,23+,24+,29-,36-,37+,40+,44-;16-,18+,19+,20+,25-,29-,30+,33+,37-;;;/m00.../s1. The number of aliphatic hydroxyl groups excluding tert-OH is 4. The zero-order chi connectivity index (χ0) is 86.6. The summed E-state index contributed by atoms with van der Waals surface area (Å²) in [5.41, 5.74) is 7.08.